The van der Waals surface area contributed by atoms with Crippen LogP contribution in [0.3, 0.4) is 0 Å². The molecule has 2 aromatic rings. The Balaban J connectivity index is 1.51. The molecule has 6 heteroatoms. The van der Waals surface area contributed by atoms with Crippen molar-refractivity contribution in [2.75, 3.05) is 25.0 Å². The highest BCUT2D eigenvalue weighted by molar-refractivity contribution is 6.04. The van der Waals surface area contributed by atoms with Gasteiger partial charge in [-0.3, -0.25) is 9.59 Å². The fourth-order valence-electron chi connectivity index (χ4n) is 2.82. The number of hydrogen-bond donors (Lipinski definition) is 1. The molecule has 0 saturated carbocycles. The van der Waals surface area contributed by atoms with Gasteiger partial charge in [-0.25, -0.2) is 4.39 Å². The minimum atomic E-state index is -0.358. The molecule has 0 unspecified atom stereocenters. The third-order valence-electron chi connectivity index (χ3n) is 4.29. The van der Waals surface area contributed by atoms with Crippen molar-refractivity contribution in [3.63, 3.8) is 0 Å². The van der Waals surface area contributed by atoms with Crippen LogP contribution in [-0.4, -0.2) is 36.4 Å². The fraction of sp³-hybridized carbons (Fsp3) is 0.300. The SMILES string of the molecule is O=C(Nc1ccc(F)cc1)c1ccc(OCC(=O)N2CCCCC2)cc1. The number of benzene rings is 2. The topological polar surface area (TPSA) is 58.6 Å². The molecule has 0 atom stereocenters. The molecule has 1 fully saturated rings. The first-order valence-electron chi connectivity index (χ1n) is 8.69. The van der Waals surface area contributed by atoms with Crippen LogP contribution in [0.25, 0.3) is 0 Å². The third kappa shape index (κ3) is 4.81. The molecule has 0 spiro atoms. The summed E-state index contributed by atoms with van der Waals surface area (Å²) in [5.74, 6) is -0.132. The molecule has 2 amide bonds. The second-order valence-electron chi connectivity index (χ2n) is 6.22. The van der Waals surface area contributed by atoms with E-state index < -0.39 is 0 Å². The first-order valence-corrected chi connectivity index (χ1v) is 8.69. The van der Waals surface area contributed by atoms with Gasteiger partial charge in [0.15, 0.2) is 6.61 Å². The van der Waals surface area contributed by atoms with Crippen LogP contribution < -0.4 is 10.1 Å². The number of amides is 2. The minimum Gasteiger partial charge on any atom is -0.484 e. The van der Waals surface area contributed by atoms with E-state index in [0.717, 1.165) is 25.9 Å². The van der Waals surface area contributed by atoms with E-state index >= 15 is 0 Å². The molecule has 0 bridgehead atoms. The Hall–Kier alpha value is -2.89. The molecule has 0 radical (unpaired) electrons. The van der Waals surface area contributed by atoms with E-state index in [-0.39, 0.29) is 24.2 Å². The lowest BCUT2D eigenvalue weighted by molar-refractivity contribution is -0.134. The number of likely N-dealkylation sites (tertiary alicyclic amines) is 1. The van der Waals surface area contributed by atoms with Crippen molar-refractivity contribution in [3.8, 4) is 5.75 Å². The Morgan fingerprint density at radius 2 is 1.62 bits per heavy atom. The molecule has 0 aromatic heterocycles. The van der Waals surface area contributed by atoms with Crippen LogP contribution >= 0.6 is 0 Å². The minimum absolute atomic E-state index is 0.00111. The maximum atomic E-state index is 12.9. The first-order chi connectivity index (χ1) is 12.6. The molecule has 3 rings (SSSR count). The van der Waals surface area contributed by atoms with Crippen molar-refractivity contribution >= 4 is 17.5 Å². The van der Waals surface area contributed by atoms with Crippen LogP contribution in [0.4, 0.5) is 10.1 Å². The number of ether oxygens (including phenoxy) is 1. The number of carbonyl (C=O) groups is 2. The number of rotatable bonds is 5. The van der Waals surface area contributed by atoms with Gasteiger partial charge in [0.05, 0.1) is 0 Å². The number of anilines is 1. The van der Waals surface area contributed by atoms with Crippen LogP contribution in [-0.2, 0) is 4.79 Å². The van der Waals surface area contributed by atoms with E-state index in [0.29, 0.717) is 17.0 Å². The molecular formula is C20H21FN2O3. The fourth-order valence-corrected chi connectivity index (χ4v) is 2.82. The summed E-state index contributed by atoms with van der Waals surface area (Å²) in [5.41, 5.74) is 0.966. The maximum absolute atomic E-state index is 12.9. The Morgan fingerprint density at radius 3 is 2.27 bits per heavy atom. The van der Waals surface area contributed by atoms with Crippen molar-refractivity contribution in [2.24, 2.45) is 0 Å². The Morgan fingerprint density at radius 1 is 0.962 bits per heavy atom. The predicted octanol–water partition coefficient (Wildman–Crippen LogP) is 3.47. The van der Waals surface area contributed by atoms with E-state index in [1.807, 2.05) is 4.90 Å². The molecule has 2 aromatic carbocycles. The van der Waals surface area contributed by atoms with Crippen LogP contribution in [0, 0.1) is 5.82 Å². The zero-order valence-electron chi connectivity index (χ0n) is 14.4. The Bertz CT molecular complexity index is 754. The van der Waals surface area contributed by atoms with Crippen LogP contribution in [0.2, 0.25) is 0 Å². The lowest BCUT2D eigenvalue weighted by Crippen LogP contribution is -2.38. The highest BCUT2D eigenvalue weighted by Crippen LogP contribution is 2.15. The van der Waals surface area contributed by atoms with E-state index in [1.54, 1.807) is 24.3 Å². The van der Waals surface area contributed by atoms with E-state index in [2.05, 4.69) is 5.32 Å². The zero-order chi connectivity index (χ0) is 18.4. The summed E-state index contributed by atoms with van der Waals surface area (Å²) < 4.78 is 18.4. The second-order valence-corrected chi connectivity index (χ2v) is 6.22. The number of nitrogens with zero attached hydrogens (tertiary/aromatic N) is 1. The third-order valence-corrected chi connectivity index (χ3v) is 4.29. The zero-order valence-corrected chi connectivity index (χ0v) is 14.4. The van der Waals surface area contributed by atoms with Crippen LogP contribution in [0.5, 0.6) is 5.75 Å². The van der Waals surface area contributed by atoms with Crippen molar-refractivity contribution < 1.29 is 18.7 Å². The monoisotopic (exact) mass is 356 g/mol. The summed E-state index contributed by atoms with van der Waals surface area (Å²) in [6.45, 7) is 1.59. The summed E-state index contributed by atoms with van der Waals surface area (Å²) in [5, 5.41) is 2.69. The molecule has 5 nitrogen and oxygen atoms in total. The molecule has 1 heterocycles. The van der Waals surface area contributed by atoms with E-state index in [9.17, 15) is 14.0 Å². The second kappa shape index (κ2) is 8.47. The highest BCUT2D eigenvalue weighted by atomic mass is 19.1. The molecule has 1 aliphatic heterocycles. The van der Waals surface area contributed by atoms with Gasteiger partial charge >= 0.3 is 0 Å². The number of hydrogen-bond acceptors (Lipinski definition) is 3. The summed E-state index contributed by atoms with van der Waals surface area (Å²) in [6, 6.07) is 12.1. The van der Waals surface area contributed by atoms with E-state index in [4.69, 9.17) is 4.74 Å². The van der Waals surface area contributed by atoms with Crippen molar-refractivity contribution in [1.29, 1.82) is 0 Å². The first kappa shape index (κ1) is 17.9. The van der Waals surface area contributed by atoms with Crippen molar-refractivity contribution in [2.45, 2.75) is 19.3 Å². The normalized spacial score (nSPS) is 14.0. The average molecular weight is 356 g/mol. The van der Waals surface area contributed by atoms with Gasteiger partial charge in [-0.15, -0.1) is 0 Å². The Kier molecular flexibility index (Phi) is 5.84. The van der Waals surface area contributed by atoms with Crippen LogP contribution in [0.15, 0.2) is 48.5 Å². The van der Waals surface area contributed by atoms with Gasteiger partial charge in [-0.2, -0.15) is 0 Å². The molecule has 1 N–H and O–H groups in total. The van der Waals surface area contributed by atoms with Crippen molar-refractivity contribution in [1.82, 2.24) is 4.90 Å². The molecule has 1 aliphatic rings. The standard InChI is InChI=1S/C20H21FN2O3/c21-16-6-8-17(9-7-16)22-20(25)15-4-10-18(11-5-15)26-14-19(24)23-12-2-1-3-13-23/h4-11H,1-3,12-14H2,(H,22,25). The van der Waals surface area contributed by atoms with Gasteiger partial charge in [-0.1, -0.05) is 0 Å². The molecule has 0 aliphatic carbocycles. The lowest BCUT2D eigenvalue weighted by Gasteiger charge is -2.26. The smallest absolute Gasteiger partial charge is 0.260 e. The lowest BCUT2D eigenvalue weighted by atomic mass is 10.1. The molecular weight excluding hydrogens is 335 g/mol. The van der Waals surface area contributed by atoms with Gasteiger partial charge in [0.2, 0.25) is 0 Å². The molecule has 1 saturated heterocycles. The predicted molar refractivity (Wildman–Crippen MR) is 96.7 cm³/mol. The largest absolute Gasteiger partial charge is 0.484 e. The van der Waals surface area contributed by atoms with E-state index in [1.165, 1.54) is 30.7 Å². The Labute approximate surface area is 151 Å². The van der Waals surface area contributed by atoms with Crippen LogP contribution in [0.1, 0.15) is 29.6 Å². The summed E-state index contributed by atoms with van der Waals surface area (Å²) in [4.78, 5) is 26.1. The quantitative estimate of drug-likeness (QED) is 0.892. The highest BCUT2D eigenvalue weighted by Gasteiger charge is 2.16. The average Bonchev–Trinajstić information content (AvgIpc) is 2.69. The molecule has 136 valence electrons. The van der Waals surface area contributed by atoms with Crippen molar-refractivity contribution in [3.05, 3.63) is 59.9 Å². The van der Waals surface area contributed by atoms with Gasteiger partial charge in [-0.05, 0) is 67.8 Å². The van der Waals surface area contributed by atoms with Gasteiger partial charge in [0, 0.05) is 24.3 Å². The number of nitrogens with one attached hydrogen (secondary N) is 1. The summed E-state index contributed by atoms with van der Waals surface area (Å²) in [7, 11) is 0. The van der Waals surface area contributed by atoms with Gasteiger partial charge < -0.3 is 15.0 Å². The number of carbonyl (C=O) groups excluding carboxylic acids is 2. The summed E-state index contributed by atoms with van der Waals surface area (Å²) >= 11 is 0. The van der Waals surface area contributed by atoms with Gasteiger partial charge in [0.1, 0.15) is 11.6 Å². The number of halogens is 1. The van der Waals surface area contributed by atoms with Gasteiger partial charge in [0.25, 0.3) is 11.8 Å². The summed E-state index contributed by atoms with van der Waals surface area (Å²) in [6.07, 6.45) is 3.26. The maximum Gasteiger partial charge on any atom is 0.260 e. The number of piperidine rings is 1. The molecule has 26 heavy (non-hydrogen) atoms.